The Balaban J connectivity index is 2.29. The van der Waals surface area contributed by atoms with Crippen molar-refractivity contribution in [2.75, 3.05) is 0 Å². The molecule has 0 aliphatic rings. The smallest absolute Gasteiger partial charge is 0.126 e. The number of hydrogen-bond donors (Lipinski definition) is 2. The van der Waals surface area contributed by atoms with Crippen LogP contribution in [-0.2, 0) is 11.8 Å². The van der Waals surface area contributed by atoms with E-state index < -0.39 is 0 Å². The highest BCUT2D eigenvalue weighted by atomic mass is 79.9. The van der Waals surface area contributed by atoms with Gasteiger partial charge in [-0.15, -0.1) is 0 Å². The van der Waals surface area contributed by atoms with Gasteiger partial charge in [-0.3, -0.25) is 11.3 Å². The van der Waals surface area contributed by atoms with Crippen molar-refractivity contribution in [1.29, 1.82) is 0 Å². The van der Waals surface area contributed by atoms with Crippen LogP contribution in [0.15, 0.2) is 53.0 Å². The predicted octanol–water partition coefficient (Wildman–Crippen LogP) is 3.94. The van der Waals surface area contributed by atoms with Gasteiger partial charge in [-0.25, -0.2) is 4.39 Å². The maximum Gasteiger partial charge on any atom is 0.126 e. The molecule has 2 rings (SSSR count). The highest BCUT2D eigenvalue weighted by molar-refractivity contribution is 9.10. The number of benzene rings is 2. The van der Waals surface area contributed by atoms with Crippen molar-refractivity contribution >= 4 is 15.9 Å². The van der Waals surface area contributed by atoms with E-state index in [-0.39, 0.29) is 17.3 Å². The zero-order valence-corrected chi connectivity index (χ0v) is 13.8. The van der Waals surface area contributed by atoms with Crippen LogP contribution in [0.2, 0.25) is 0 Å². The van der Waals surface area contributed by atoms with Gasteiger partial charge in [-0.05, 0) is 35.7 Å². The first kappa shape index (κ1) is 16.1. The van der Waals surface area contributed by atoms with E-state index in [1.165, 1.54) is 11.6 Å². The summed E-state index contributed by atoms with van der Waals surface area (Å²) in [5.41, 5.74) is 4.46. The Morgan fingerprint density at radius 3 is 2.48 bits per heavy atom. The fraction of sp³-hybridized carbons (Fsp3) is 0.294. The second kappa shape index (κ2) is 6.69. The summed E-state index contributed by atoms with van der Waals surface area (Å²) >= 11 is 3.39. The largest absolute Gasteiger partial charge is 0.271 e. The molecule has 0 aliphatic carbocycles. The maximum atomic E-state index is 14.0. The summed E-state index contributed by atoms with van der Waals surface area (Å²) in [6.45, 7) is 4.23. The zero-order valence-electron chi connectivity index (χ0n) is 12.2. The Bertz CT molecular complexity index is 599. The van der Waals surface area contributed by atoms with Crippen LogP contribution in [0.25, 0.3) is 0 Å². The fourth-order valence-corrected chi connectivity index (χ4v) is 2.92. The van der Waals surface area contributed by atoms with Gasteiger partial charge in [0.1, 0.15) is 5.82 Å². The average Bonchev–Trinajstić information content (AvgIpc) is 2.48. The summed E-state index contributed by atoms with van der Waals surface area (Å²) in [5.74, 6) is 5.54. The summed E-state index contributed by atoms with van der Waals surface area (Å²) < 4.78 is 14.8. The molecule has 0 fully saturated rings. The van der Waals surface area contributed by atoms with Crippen molar-refractivity contribution in [2.45, 2.75) is 31.7 Å². The number of nitrogens with two attached hydrogens (primary N) is 1. The zero-order chi connectivity index (χ0) is 15.5. The molecule has 0 bridgehead atoms. The fourth-order valence-electron chi connectivity index (χ4n) is 2.51. The minimum absolute atomic E-state index is 0.0799. The van der Waals surface area contributed by atoms with Crippen molar-refractivity contribution in [2.24, 2.45) is 5.84 Å². The van der Waals surface area contributed by atoms with Crippen LogP contribution in [0, 0.1) is 5.82 Å². The third kappa shape index (κ3) is 3.70. The highest BCUT2D eigenvalue weighted by Gasteiger charge is 2.31. The molecule has 0 heterocycles. The molecule has 0 aliphatic heterocycles. The van der Waals surface area contributed by atoms with Gasteiger partial charge >= 0.3 is 0 Å². The lowest BCUT2D eigenvalue weighted by Gasteiger charge is -2.34. The predicted molar refractivity (Wildman–Crippen MR) is 88.4 cm³/mol. The molecule has 2 aromatic rings. The molecule has 4 heteroatoms. The van der Waals surface area contributed by atoms with E-state index in [1.54, 1.807) is 12.1 Å². The molecule has 0 saturated carbocycles. The summed E-state index contributed by atoms with van der Waals surface area (Å²) in [4.78, 5) is 0. The minimum atomic E-state index is -0.217. The van der Waals surface area contributed by atoms with Gasteiger partial charge in [-0.1, -0.05) is 60.1 Å². The van der Waals surface area contributed by atoms with Crippen molar-refractivity contribution < 1.29 is 4.39 Å². The standard InChI is InChI=1S/C17H20BrFN2/c1-17(2,13-6-4-3-5-7-13)16(21-20)11-12-10-14(18)8-9-15(12)19/h3-10,16,21H,11,20H2,1-2H3. The van der Waals surface area contributed by atoms with Gasteiger partial charge in [0.2, 0.25) is 0 Å². The Kier molecular flexibility index (Phi) is 5.14. The maximum absolute atomic E-state index is 14.0. The minimum Gasteiger partial charge on any atom is -0.271 e. The van der Waals surface area contributed by atoms with Gasteiger partial charge in [0.25, 0.3) is 0 Å². The first-order valence-corrected chi connectivity index (χ1v) is 7.70. The molecule has 2 nitrogen and oxygen atoms in total. The monoisotopic (exact) mass is 350 g/mol. The van der Waals surface area contributed by atoms with Crippen LogP contribution in [0.5, 0.6) is 0 Å². The highest BCUT2D eigenvalue weighted by Crippen LogP contribution is 2.29. The normalized spacial score (nSPS) is 13.2. The van der Waals surface area contributed by atoms with Crippen molar-refractivity contribution in [3.8, 4) is 0 Å². The van der Waals surface area contributed by atoms with Gasteiger partial charge in [0.05, 0.1) is 0 Å². The molecule has 2 aromatic carbocycles. The molecule has 1 atom stereocenters. The molecule has 3 N–H and O–H groups in total. The lowest BCUT2D eigenvalue weighted by molar-refractivity contribution is 0.338. The number of hydrazine groups is 1. The number of halogens is 2. The molecular weight excluding hydrogens is 331 g/mol. The number of rotatable bonds is 5. The molecule has 1 unspecified atom stereocenters. The summed E-state index contributed by atoms with van der Waals surface area (Å²) in [7, 11) is 0. The Labute approximate surface area is 133 Å². The van der Waals surface area contributed by atoms with Crippen LogP contribution in [0.4, 0.5) is 4.39 Å². The van der Waals surface area contributed by atoms with E-state index in [9.17, 15) is 4.39 Å². The summed E-state index contributed by atoms with van der Waals surface area (Å²) in [5, 5.41) is 0. The van der Waals surface area contributed by atoms with Crippen molar-refractivity contribution in [3.63, 3.8) is 0 Å². The van der Waals surface area contributed by atoms with Gasteiger partial charge < -0.3 is 0 Å². The molecule has 0 amide bonds. The van der Waals surface area contributed by atoms with Crippen LogP contribution in [0.3, 0.4) is 0 Å². The van der Waals surface area contributed by atoms with Crippen LogP contribution in [0.1, 0.15) is 25.0 Å². The van der Waals surface area contributed by atoms with E-state index in [0.29, 0.717) is 12.0 Å². The lowest BCUT2D eigenvalue weighted by Crippen LogP contribution is -2.49. The van der Waals surface area contributed by atoms with E-state index >= 15 is 0 Å². The molecule has 0 spiro atoms. The summed E-state index contributed by atoms with van der Waals surface area (Å²) in [6.07, 6.45) is 0.518. The van der Waals surface area contributed by atoms with E-state index in [4.69, 9.17) is 5.84 Å². The van der Waals surface area contributed by atoms with Crippen LogP contribution >= 0.6 is 15.9 Å². The van der Waals surface area contributed by atoms with Crippen LogP contribution in [-0.4, -0.2) is 6.04 Å². The third-order valence-corrected chi connectivity index (χ3v) is 4.52. The van der Waals surface area contributed by atoms with Crippen molar-refractivity contribution in [3.05, 3.63) is 69.9 Å². The second-order valence-electron chi connectivity index (χ2n) is 5.75. The molecule has 0 aromatic heterocycles. The number of nitrogens with one attached hydrogen (secondary N) is 1. The third-order valence-electron chi connectivity index (χ3n) is 4.02. The summed E-state index contributed by atoms with van der Waals surface area (Å²) in [6, 6.07) is 15.0. The Morgan fingerprint density at radius 2 is 1.86 bits per heavy atom. The second-order valence-corrected chi connectivity index (χ2v) is 6.66. The quantitative estimate of drug-likeness (QED) is 0.633. The van der Waals surface area contributed by atoms with Gasteiger partial charge in [-0.2, -0.15) is 0 Å². The molecular formula is C17H20BrFN2. The van der Waals surface area contributed by atoms with E-state index in [0.717, 1.165) is 4.47 Å². The van der Waals surface area contributed by atoms with Gasteiger partial charge in [0.15, 0.2) is 0 Å². The lowest BCUT2D eigenvalue weighted by atomic mass is 9.75. The topological polar surface area (TPSA) is 38.0 Å². The molecule has 0 radical (unpaired) electrons. The average molecular weight is 351 g/mol. The first-order chi connectivity index (χ1) is 9.95. The van der Waals surface area contributed by atoms with Crippen molar-refractivity contribution in [1.82, 2.24) is 5.43 Å². The Hall–Kier alpha value is -1.23. The Morgan fingerprint density at radius 1 is 1.19 bits per heavy atom. The number of hydrogen-bond acceptors (Lipinski definition) is 2. The first-order valence-electron chi connectivity index (χ1n) is 6.90. The molecule has 0 saturated heterocycles. The van der Waals surface area contributed by atoms with Gasteiger partial charge in [0, 0.05) is 15.9 Å². The molecule has 112 valence electrons. The molecule has 21 heavy (non-hydrogen) atoms. The van der Waals surface area contributed by atoms with Crippen LogP contribution < -0.4 is 11.3 Å². The van der Waals surface area contributed by atoms with E-state index in [1.807, 2.05) is 18.2 Å². The SMILES string of the molecule is CC(C)(c1ccccc1)C(Cc1cc(Br)ccc1F)NN. The van der Waals surface area contributed by atoms with E-state index in [2.05, 4.69) is 47.3 Å².